The van der Waals surface area contributed by atoms with Crippen LogP contribution in [0, 0.1) is 0 Å². The zero-order valence-corrected chi connectivity index (χ0v) is 17.5. The number of aromatic nitrogens is 2. The molecule has 0 fully saturated rings. The first-order chi connectivity index (χ1) is 13.2. The highest BCUT2D eigenvalue weighted by Crippen LogP contribution is 2.39. The number of carbonyl (C=O) groups is 1. The molecular formula is C20H15BrN2O2S2. The highest BCUT2D eigenvalue weighted by atomic mass is 79.9. The number of hydrogen-bond donors (Lipinski definition) is 0. The molecule has 0 amide bonds. The molecule has 136 valence electrons. The maximum Gasteiger partial charge on any atom is 0.208 e. The van der Waals surface area contributed by atoms with Crippen LogP contribution in [0.25, 0.3) is 21.2 Å². The number of rotatable bonds is 4. The highest BCUT2D eigenvalue weighted by molar-refractivity contribution is 9.10. The molecule has 0 radical (unpaired) electrons. The summed E-state index contributed by atoms with van der Waals surface area (Å²) in [5.74, 6) is 0.675. The number of thiophene rings is 1. The topological polar surface area (TPSA) is 56.0 Å². The van der Waals surface area contributed by atoms with Gasteiger partial charge in [0.2, 0.25) is 5.78 Å². The fraction of sp³-hybridized carbons (Fsp3) is 0.250. The predicted molar refractivity (Wildman–Crippen MR) is 113 cm³/mol. The zero-order chi connectivity index (χ0) is 18.4. The van der Waals surface area contributed by atoms with Gasteiger partial charge in [-0.15, -0.1) is 11.3 Å². The largest absolute Gasteiger partial charge is 0.453 e. The smallest absolute Gasteiger partial charge is 0.208 e. The third-order valence-electron chi connectivity index (χ3n) is 4.81. The molecule has 5 rings (SSSR count). The van der Waals surface area contributed by atoms with Gasteiger partial charge in [-0.05, 0) is 55.5 Å². The third-order valence-corrected chi connectivity index (χ3v) is 7.49. The van der Waals surface area contributed by atoms with Crippen LogP contribution in [0.1, 0.15) is 33.8 Å². The van der Waals surface area contributed by atoms with E-state index in [1.54, 1.807) is 17.7 Å². The maximum absolute atomic E-state index is 12.7. The summed E-state index contributed by atoms with van der Waals surface area (Å²) in [6.07, 6.45) is 6.29. The fourth-order valence-corrected chi connectivity index (χ4v) is 6.10. The van der Waals surface area contributed by atoms with Gasteiger partial charge >= 0.3 is 0 Å². The summed E-state index contributed by atoms with van der Waals surface area (Å²) in [7, 11) is 0. The van der Waals surface area contributed by atoms with Crippen LogP contribution in [-0.2, 0) is 12.8 Å². The number of fused-ring (bicyclic) bond motifs is 4. The van der Waals surface area contributed by atoms with Crippen LogP contribution in [0.2, 0.25) is 0 Å². The van der Waals surface area contributed by atoms with Gasteiger partial charge in [0.05, 0.1) is 5.75 Å². The second-order valence-electron chi connectivity index (χ2n) is 6.57. The van der Waals surface area contributed by atoms with E-state index in [0.29, 0.717) is 11.5 Å². The lowest BCUT2D eigenvalue weighted by Gasteiger charge is -2.11. The number of carbonyl (C=O) groups excluding carboxylic acids is 1. The molecule has 0 saturated carbocycles. The van der Waals surface area contributed by atoms with Crippen molar-refractivity contribution in [2.45, 2.75) is 30.7 Å². The van der Waals surface area contributed by atoms with E-state index >= 15 is 0 Å². The van der Waals surface area contributed by atoms with Crippen molar-refractivity contribution in [3.63, 3.8) is 0 Å². The van der Waals surface area contributed by atoms with Crippen molar-refractivity contribution >= 4 is 66.0 Å². The molecule has 3 heterocycles. The first kappa shape index (κ1) is 17.4. The molecule has 0 N–H and O–H groups in total. The first-order valence-electron chi connectivity index (χ1n) is 8.79. The van der Waals surface area contributed by atoms with Crippen molar-refractivity contribution < 1.29 is 9.21 Å². The fourth-order valence-electron chi connectivity index (χ4n) is 3.53. The Labute approximate surface area is 172 Å². The molecule has 1 aliphatic carbocycles. The monoisotopic (exact) mass is 458 g/mol. The van der Waals surface area contributed by atoms with Crippen LogP contribution in [0.15, 0.2) is 44.5 Å². The van der Waals surface area contributed by atoms with Gasteiger partial charge < -0.3 is 4.42 Å². The summed E-state index contributed by atoms with van der Waals surface area (Å²) in [5, 5.41) is 2.99. The number of benzene rings is 1. The number of thioether (sulfide) groups is 1. The van der Waals surface area contributed by atoms with Crippen molar-refractivity contribution in [2.75, 3.05) is 5.75 Å². The number of nitrogens with zero attached hydrogens (tertiary/aromatic N) is 2. The van der Waals surface area contributed by atoms with Crippen LogP contribution in [0.5, 0.6) is 0 Å². The van der Waals surface area contributed by atoms with E-state index in [2.05, 4.69) is 25.9 Å². The zero-order valence-electron chi connectivity index (χ0n) is 14.3. The van der Waals surface area contributed by atoms with Crippen LogP contribution >= 0.6 is 39.0 Å². The van der Waals surface area contributed by atoms with Gasteiger partial charge in [-0.25, -0.2) is 9.97 Å². The molecular weight excluding hydrogens is 444 g/mol. The predicted octanol–water partition coefficient (Wildman–Crippen LogP) is 6.05. The Morgan fingerprint density at radius 2 is 2.11 bits per heavy atom. The quantitative estimate of drug-likeness (QED) is 0.211. The molecule has 3 aromatic heterocycles. The van der Waals surface area contributed by atoms with Crippen LogP contribution in [-0.4, -0.2) is 21.5 Å². The average molecular weight is 459 g/mol. The molecule has 4 nitrogen and oxygen atoms in total. The third kappa shape index (κ3) is 3.22. The van der Waals surface area contributed by atoms with Gasteiger partial charge in [-0.1, -0.05) is 27.7 Å². The number of hydrogen-bond acceptors (Lipinski definition) is 6. The van der Waals surface area contributed by atoms with Gasteiger partial charge in [0.25, 0.3) is 0 Å². The van der Waals surface area contributed by atoms with Crippen molar-refractivity contribution in [3.05, 3.63) is 51.3 Å². The number of furan rings is 1. The Bertz CT molecular complexity index is 1180. The standard InChI is InChI=1S/C20H15BrN2O2S2/c21-12-5-6-15-11(7-12)8-16(25-15)14(24)9-26-19-18-13-3-1-2-4-17(13)27-20(18)23-10-22-19/h5-8,10H,1-4,9H2. The Hall–Kier alpha value is -1.70. The maximum atomic E-state index is 12.7. The summed E-state index contributed by atoms with van der Waals surface area (Å²) in [6, 6.07) is 7.54. The summed E-state index contributed by atoms with van der Waals surface area (Å²) in [4.78, 5) is 24.1. The molecule has 0 bridgehead atoms. The van der Waals surface area contributed by atoms with Gasteiger partial charge in [0.15, 0.2) is 5.76 Å². The summed E-state index contributed by atoms with van der Waals surface area (Å²) in [6.45, 7) is 0. The summed E-state index contributed by atoms with van der Waals surface area (Å²) < 4.78 is 6.69. The molecule has 0 spiro atoms. The minimum atomic E-state index is -0.0248. The van der Waals surface area contributed by atoms with Crippen molar-refractivity contribution in [3.8, 4) is 0 Å². The second-order valence-corrected chi connectivity index (χ2v) is 9.54. The Balaban J connectivity index is 1.42. The number of halogens is 1. The van der Waals surface area contributed by atoms with Crippen molar-refractivity contribution in [1.82, 2.24) is 9.97 Å². The summed E-state index contributed by atoms with van der Waals surface area (Å²) >= 11 is 6.70. The van der Waals surface area contributed by atoms with E-state index in [4.69, 9.17) is 4.42 Å². The average Bonchev–Trinajstić information content (AvgIpc) is 3.27. The molecule has 0 saturated heterocycles. The van der Waals surface area contributed by atoms with Crippen LogP contribution in [0.3, 0.4) is 0 Å². The highest BCUT2D eigenvalue weighted by Gasteiger charge is 2.21. The molecule has 27 heavy (non-hydrogen) atoms. The van der Waals surface area contributed by atoms with Gasteiger partial charge in [-0.2, -0.15) is 0 Å². The summed E-state index contributed by atoms with van der Waals surface area (Å²) in [5.41, 5.74) is 2.12. The van der Waals surface area contributed by atoms with E-state index in [0.717, 1.165) is 43.5 Å². The minimum absolute atomic E-state index is 0.0248. The lowest BCUT2D eigenvalue weighted by molar-refractivity contribution is 0.0994. The molecule has 0 atom stereocenters. The molecule has 1 aliphatic rings. The normalized spacial score (nSPS) is 14.0. The van der Waals surface area contributed by atoms with E-state index < -0.39 is 0 Å². The number of aryl methyl sites for hydroxylation is 2. The lowest BCUT2D eigenvalue weighted by atomic mass is 9.97. The lowest BCUT2D eigenvalue weighted by Crippen LogP contribution is -2.02. The minimum Gasteiger partial charge on any atom is -0.453 e. The number of ketones is 1. The molecule has 1 aromatic carbocycles. The second kappa shape index (κ2) is 7.04. The Kier molecular flexibility index (Phi) is 4.53. The molecule has 0 unspecified atom stereocenters. The number of Topliss-reactive ketones (excluding diaryl/α,β-unsaturated/α-hetero) is 1. The van der Waals surface area contributed by atoms with Crippen molar-refractivity contribution in [2.24, 2.45) is 0 Å². The van der Waals surface area contributed by atoms with Crippen molar-refractivity contribution in [1.29, 1.82) is 0 Å². The Morgan fingerprint density at radius 1 is 1.22 bits per heavy atom. The van der Waals surface area contributed by atoms with E-state index in [1.165, 1.54) is 35.0 Å². The first-order valence-corrected chi connectivity index (χ1v) is 11.4. The molecule has 0 aliphatic heterocycles. The molecule has 4 aromatic rings. The van der Waals surface area contributed by atoms with E-state index in [9.17, 15) is 4.79 Å². The SMILES string of the molecule is O=C(CSc1ncnc2sc3c(c12)CCCC3)c1cc2cc(Br)ccc2o1. The van der Waals surface area contributed by atoms with Crippen LogP contribution in [0.4, 0.5) is 0 Å². The van der Waals surface area contributed by atoms with Crippen LogP contribution < -0.4 is 0 Å². The molecule has 7 heteroatoms. The van der Waals surface area contributed by atoms with E-state index in [-0.39, 0.29) is 5.78 Å². The van der Waals surface area contributed by atoms with Gasteiger partial charge in [0, 0.05) is 20.1 Å². The van der Waals surface area contributed by atoms with Gasteiger partial charge in [-0.3, -0.25) is 4.79 Å². The van der Waals surface area contributed by atoms with Gasteiger partial charge in [0.1, 0.15) is 21.8 Å². The van der Waals surface area contributed by atoms with E-state index in [1.807, 2.05) is 24.3 Å². The Morgan fingerprint density at radius 3 is 3.04 bits per heavy atom.